The topological polar surface area (TPSA) is 35.5 Å². The summed E-state index contributed by atoms with van der Waals surface area (Å²) in [5, 5.41) is 0.476. The molecule has 0 heterocycles. The van der Waals surface area contributed by atoms with Gasteiger partial charge in [0.15, 0.2) is 5.78 Å². The van der Waals surface area contributed by atoms with Crippen LogP contribution in [0.4, 0.5) is 0 Å². The predicted molar refractivity (Wildman–Crippen MR) is 109 cm³/mol. The molecule has 0 fully saturated rings. The molecule has 0 radical (unpaired) electrons. The Hall–Kier alpha value is -1.30. The van der Waals surface area contributed by atoms with E-state index in [1.807, 2.05) is 24.3 Å². The zero-order chi connectivity index (χ0) is 18.4. The second-order valence-electron chi connectivity index (χ2n) is 5.18. The summed E-state index contributed by atoms with van der Waals surface area (Å²) in [4.78, 5) is 12.2. The van der Waals surface area contributed by atoms with Gasteiger partial charge in [-0.1, -0.05) is 68.2 Å². The van der Waals surface area contributed by atoms with E-state index in [1.165, 1.54) is 0 Å². The molecule has 2 rings (SSSR count). The molecule has 0 amide bonds. The lowest BCUT2D eigenvalue weighted by Gasteiger charge is -2.18. The number of hydrogen-bond donors (Lipinski definition) is 0. The van der Waals surface area contributed by atoms with Gasteiger partial charge in [0.05, 0.1) is 22.3 Å². The molecule has 6 heteroatoms. The van der Waals surface area contributed by atoms with Crippen molar-refractivity contribution in [1.82, 2.24) is 0 Å². The Morgan fingerprint density at radius 2 is 1.92 bits per heavy atom. The second-order valence-corrected chi connectivity index (χ2v) is 7.59. The van der Waals surface area contributed by atoms with Gasteiger partial charge in [0.1, 0.15) is 18.1 Å². The smallest absolute Gasteiger partial charge is 0.181 e. The highest BCUT2D eigenvalue weighted by atomic mass is 79.9. The number of alkyl halides is 2. The average molecular weight is 489 g/mol. The SMILES string of the molecule is C=CCOc1ccc(Cl)cc1C(=O)C(Br)C(Br)c1ccc(OC)cc1. The number of Topliss-reactive ketones (excluding diaryl/α,β-unsaturated/α-hetero) is 1. The number of ketones is 1. The van der Waals surface area contributed by atoms with E-state index in [0.717, 1.165) is 11.3 Å². The summed E-state index contributed by atoms with van der Waals surface area (Å²) in [6.45, 7) is 3.93. The second kappa shape index (κ2) is 9.41. The van der Waals surface area contributed by atoms with Crippen LogP contribution < -0.4 is 9.47 Å². The quantitative estimate of drug-likeness (QED) is 0.260. The molecule has 0 spiro atoms. The molecule has 0 saturated carbocycles. The Kier molecular flexibility index (Phi) is 7.54. The minimum Gasteiger partial charge on any atom is -0.497 e. The van der Waals surface area contributed by atoms with Crippen molar-refractivity contribution in [2.45, 2.75) is 9.65 Å². The Labute approximate surface area is 169 Å². The van der Waals surface area contributed by atoms with Gasteiger partial charge in [-0.3, -0.25) is 4.79 Å². The molecule has 0 aliphatic heterocycles. The number of methoxy groups -OCH3 is 1. The number of rotatable bonds is 8. The third-order valence-electron chi connectivity index (χ3n) is 3.51. The van der Waals surface area contributed by atoms with Gasteiger partial charge in [0.25, 0.3) is 0 Å². The highest BCUT2D eigenvalue weighted by Gasteiger charge is 2.28. The number of carbonyl (C=O) groups excluding carboxylic acids is 1. The molecule has 132 valence electrons. The Morgan fingerprint density at radius 1 is 1.24 bits per heavy atom. The van der Waals surface area contributed by atoms with Crippen LogP contribution in [0.3, 0.4) is 0 Å². The molecule has 3 nitrogen and oxygen atoms in total. The van der Waals surface area contributed by atoms with Crippen LogP contribution in [-0.2, 0) is 0 Å². The lowest BCUT2D eigenvalue weighted by molar-refractivity contribution is 0.0987. The Bertz CT molecular complexity index is 747. The number of carbonyl (C=O) groups is 1. The van der Waals surface area contributed by atoms with Crippen LogP contribution >= 0.6 is 43.5 Å². The molecule has 2 atom stereocenters. The highest BCUT2D eigenvalue weighted by Crippen LogP contribution is 2.36. The van der Waals surface area contributed by atoms with Crippen LogP contribution in [0.2, 0.25) is 5.02 Å². The average Bonchev–Trinajstić information content (AvgIpc) is 2.65. The first-order valence-corrected chi connectivity index (χ1v) is 9.68. The van der Waals surface area contributed by atoms with Crippen LogP contribution in [0.5, 0.6) is 11.5 Å². The van der Waals surface area contributed by atoms with Crippen LogP contribution in [0.25, 0.3) is 0 Å². The van der Waals surface area contributed by atoms with E-state index in [2.05, 4.69) is 38.4 Å². The minimum absolute atomic E-state index is 0.126. The largest absolute Gasteiger partial charge is 0.497 e. The van der Waals surface area contributed by atoms with Crippen LogP contribution in [0.15, 0.2) is 55.1 Å². The maximum absolute atomic E-state index is 13.0. The van der Waals surface area contributed by atoms with E-state index >= 15 is 0 Å². The minimum atomic E-state index is -0.495. The lowest BCUT2D eigenvalue weighted by Crippen LogP contribution is -2.20. The summed E-state index contributed by atoms with van der Waals surface area (Å²) in [5.41, 5.74) is 1.38. The zero-order valence-electron chi connectivity index (χ0n) is 13.5. The van der Waals surface area contributed by atoms with Crippen molar-refractivity contribution in [2.75, 3.05) is 13.7 Å². The van der Waals surface area contributed by atoms with Gasteiger partial charge in [-0.25, -0.2) is 0 Å². The van der Waals surface area contributed by atoms with Gasteiger partial charge in [-0.2, -0.15) is 0 Å². The standard InChI is InChI=1S/C19H17Br2ClO3/c1-3-10-25-16-9-6-13(22)11-15(16)19(23)18(21)17(20)12-4-7-14(24-2)8-5-12/h3-9,11,17-18H,1,10H2,2H3. The molecule has 0 aliphatic rings. The first-order valence-electron chi connectivity index (χ1n) is 7.47. The van der Waals surface area contributed by atoms with E-state index in [-0.39, 0.29) is 10.6 Å². The third kappa shape index (κ3) is 5.09. The maximum atomic E-state index is 13.0. The fraction of sp³-hybridized carbons (Fsp3) is 0.211. The van der Waals surface area contributed by atoms with Crippen LogP contribution in [0.1, 0.15) is 20.7 Å². The van der Waals surface area contributed by atoms with Crippen molar-refractivity contribution >= 4 is 49.2 Å². The monoisotopic (exact) mass is 486 g/mol. The van der Waals surface area contributed by atoms with E-state index < -0.39 is 4.83 Å². The van der Waals surface area contributed by atoms with Gasteiger partial charge in [-0.05, 0) is 35.9 Å². The molecule has 25 heavy (non-hydrogen) atoms. The first kappa shape index (κ1) is 20.0. The number of benzene rings is 2. The summed E-state index contributed by atoms with van der Waals surface area (Å²) >= 11 is 13.2. The Morgan fingerprint density at radius 3 is 2.52 bits per heavy atom. The van der Waals surface area contributed by atoms with Gasteiger partial charge in [0, 0.05) is 5.02 Å². The Balaban J connectivity index is 2.25. The molecular weight excluding hydrogens is 471 g/mol. The van der Waals surface area contributed by atoms with Crippen molar-refractivity contribution in [3.8, 4) is 11.5 Å². The molecule has 2 unspecified atom stereocenters. The highest BCUT2D eigenvalue weighted by molar-refractivity contribution is 9.12. The van der Waals surface area contributed by atoms with Gasteiger partial charge in [0.2, 0.25) is 0 Å². The number of ether oxygens (including phenoxy) is 2. The number of hydrogen-bond acceptors (Lipinski definition) is 3. The van der Waals surface area contributed by atoms with Crippen LogP contribution in [0, 0.1) is 0 Å². The zero-order valence-corrected chi connectivity index (χ0v) is 17.5. The summed E-state index contributed by atoms with van der Waals surface area (Å²) in [6.07, 6.45) is 1.62. The van der Waals surface area contributed by atoms with E-state index in [9.17, 15) is 4.79 Å². The predicted octanol–water partition coefficient (Wildman–Crippen LogP) is 6.00. The fourth-order valence-corrected chi connectivity index (χ4v) is 3.48. The molecule has 0 saturated heterocycles. The molecule has 0 bridgehead atoms. The molecular formula is C19H17Br2ClO3. The van der Waals surface area contributed by atoms with E-state index in [1.54, 1.807) is 31.4 Å². The lowest BCUT2D eigenvalue weighted by atomic mass is 10.0. The van der Waals surface area contributed by atoms with Gasteiger partial charge < -0.3 is 9.47 Å². The van der Waals surface area contributed by atoms with Crippen molar-refractivity contribution in [2.24, 2.45) is 0 Å². The summed E-state index contributed by atoms with van der Waals surface area (Å²) in [5.74, 6) is 1.11. The van der Waals surface area contributed by atoms with Crippen molar-refractivity contribution < 1.29 is 14.3 Å². The summed E-state index contributed by atoms with van der Waals surface area (Å²) < 4.78 is 10.7. The van der Waals surface area contributed by atoms with Gasteiger partial charge >= 0.3 is 0 Å². The van der Waals surface area contributed by atoms with Crippen molar-refractivity contribution in [1.29, 1.82) is 0 Å². The first-order chi connectivity index (χ1) is 12.0. The normalized spacial score (nSPS) is 13.0. The molecule has 0 aromatic heterocycles. The maximum Gasteiger partial charge on any atom is 0.181 e. The van der Waals surface area contributed by atoms with E-state index in [4.69, 9.17) is 21.1 Å². The van der Waals surface area contributed by atoms with Crippen LogP contribution in [-0.4, -0.2) is 24.3 Å². The fourth-order valence-electron chi connectivity index (χ4n) is 2.21. The van der Waals surface area contributed by atoms with Crippen molar-refractivity contribution in [3.05, 3.63) is 71.3 Å². The molecule has 2 aromatic carbocycles. The van der Waals surface area contributed by atoms with Crippen molar-refractivity contribution in [3.63, 3.8) is 0 Å². The summed E-state index contributed by atoms with van der Waals surface area (Å²) in [7, 11) is 1.61. The molecule has 0 N–H and O–H groups in total. The molecule has 0 aliphatic carbocycles. The summed E-state index contributed by atoms with van der Waals surface area (Å²) in [6, 6.07) is 12.5. The van der Waals surface area contributed by atoms with Gasteiger partial charge in [-0.15, -0.1) is 0 Å². The third-order valence-corrected chi connectivity index (χ3v) is 6.45. The van der Waals surface area contributed by atoms with E-state index in [0.29, 0.717) is 22.9 Å². The number of halogens is 3. The molecule has 2 aromatic rings.